The molecule has 2 aromatic carbocycles. The van der Waals surface area contributed by atoms with Gasteiger partial charge in [0.05, 0.1) is 16.7 Å². The minimum Gasteiger partial charge on any atom is -0.506 e. The second-order valence-electron chi connectivity index (χ2n) is 13.2. The van der Waals surface area contributed by atoms with E-state index in [0.29, 0.717) is 11.5 Å². The Hall–Kier alpha value is -3.76. The maximum atomic E-state index is 17.5. The number of carbonyl (C=O) groups is 3. The molecular weight excluding hydrogens is 610 g/mol. The van der Waals surface area contributed by atoms with E-state index >= 15 is 8.78 Å². The van der Waals surface area contributed by atoms with Crippen molar-refractivity contribution in [3.05, 3.63) is 76.9 Å². The summed E-state index contributed by atoms with van der Waals surface area (Å²) in [6.07, 6.45) is -0.422. The van der Waals surface area contributed by atoms with Crippen LogP contribution in [0.3, 0.4) is 0 Å². The monoisotopic (exact) mass is 642 g/mol. The first-order valence-corrected chi connectivity index (χ1v) is 15.2. The van der Waals surface area contributed by atoms with Gasteiger partial charge in [0.1, 0.15) is 23.4 Å². The van der Waals surface area contributed by atoms with E-state index in [2.05, 4.69) is 0 Å². The van der Waals surface area contributed by atoms with E-state index in [1.54, 1.807) is 19.9 Å². The van der Waals surface area contributed by atoms with E-state index in [4.69, 9.17) is 21.1 Å². The van der Waals surface area contributed by atoms with Gasteiger partial charge in [-0.3, -0.25) is 4.79 Å². The third-order valence-corrected chi connectivity index (χ3v) is 11.3. The van der Waals surface area contributed by atoms with Gasteiger partial charge < -0.3 is 24.8 Å². The molecule has 0 aromatic heterocycles. The zero-order chi connectivity index (χ0) is 32.7. The van der Waals surface area contributed by atoms with E-state index in [1.807, 2.05) is 0 Å². The molecule has 0 spiro atoms. The van der Waals surface area contributed by atoms with E-state index in [1.165, 1.54) is 55.5 Å². The number of benzene rings is 2. The number of ether oxygens (including phenoxy) is 2. The van der Waals surface area contributed by atoms with Crippen molar-refractivity contribution in [2.45, 2.75) is 63.6 Å². The van der Waals surface area contributed by atoms with Crippen LogP contribution in [0.4, 0.5) is 8.78 Å². The van der Waals surface area contributed by atoms with Crippen molar-refractivity contribution < 1.29 is 48.0 Å². The first-order valence-electron chi connectivity index (χ1n) is 14.8. The van der Waals surface area contributed by atoms with Crippen molar-refractivity contribution in [1.29, 1.82) is 0 Å². The van der Waals surface area contributed by atoms with E-state index < -0.39 is 69.9 Å². The molecule has 9 atom stereocenters. The lowest BCUT2D eigenvalue weighted by atomic mass is 9.44. The molecule has 238 valence electrons. The number of rotatable bonds is 5. The van der Waals surface area contributed by atoms with Crippen LogP contribution in [0.15, 0.2) is 66.3 Å². The zero-order valence-corrected chi connectivity index (χ0v) is 25.6. The van der Waals surface area contributed by atoms with E-state index in [9.17, 15) is 29.7 Å². The number of ketones is 1. The Labute approximate surface area is 263 Å². The van der Waals surface area contributed by atoms with Gasteiger partial charge in [-0.2, -0.15) is 0 Å². The minimum absolute atomic E-state index is 0.0261. The molecule has 0 saturated heterocycles. The van der Waals surface area contributed by atoms with Crippen LogP contribution in [0.5, 0.6) is 17.2 Å². The van der Waals surface area contributed by atoms with E-state index in [0.717, 1.165) is 6.08 Å². The number of allylic oxidation sites excluding steroid dienone is 4. The Morgan fingerprint density at radius 1 is 1.04 bits per heavy atom. The highest BCUT2D eigenvalue weighted by Gasteiger charge is 2.78. The quantitative estimate of drug-likeness (QED) is 0.320. The third-order valence-electron chi connectivity index (χ3n) is 11.0. The summed E-state index contributed by atoms with van der Waals surface area (Å²) in [6, 6.07) is 10.1. The number of carboxylic acid groups (broad SMARTS) is 1. The van der Waals surface area contributed by atoms with Gasteiger partial charge in [-0.05, 0) is 86.2 Å². The molecule has 0 heterocycles. The topological polar surface area (TPSA) is 130 Å². The molecule has 0 radical (unpaired) electrons. The molecular formula is C34H33ClF2O8. The second kappa shape index (κ2) is 10.4. The van der Waals surface area contributed by atoms with Gasteiger partial charge in [-0.15, -0.1) is 0 Å². The predicted molar refractivity (Wildman–Crippen MR) is 159 cm³/mol. The highest BCUT2D eigenvalue weighted by molar-refractivity contribution is 6.32. The highest BCUT2D eigenvalue weighted by atomic mass is 35.5. The molecule has 2 aromatic rings. The molecule has 45 heavy (non-hydrogen) atoms. The molecule has 0 amide bonds. The molecule has 6 rings (SSSR count). The number of aliphatic carboxylic acids is 1. The lowest BCUT2D eigenvalue weighted by molar-refractivity contribution is -0.229. The lowest BCUT2D eigenvalue weighted by Crippen LogP contribution is -2.71. The van der Waals surface area contributed by atoms with Gasteiger partial charge in [0.25, 0.3) is 0 Å². The lowest BCUT2D eigenvalue weighted by Gasteiger charge is -2.62. The molecule has 3 N–H and O–H groups in total. The maximum absolute atomic E-state index is 17.5. The summed E-state index contributed by atoms with van der Waals surface area (Å²) in [4.78, 5) is 38.8. The summed E-state index contributed by atoms with van der Waals surface area (Å²) in [6.45, 7) is 4.65. The fourth-order valence-electron chi connectivity index (χ4n) is 8.80. The number of phenolic OH excluding ortho intramolecular Hbond substituents is 1. The van der Waals surface area contributed by atoms with Crippen LogP contribution in [-0.4, -0.2) is 56.6 Å². The second-order valence-corrected chi connectivity index (χ2v) is 13.6. The molecule has 0 bridgehead atoms. The number of carbonyl (C=O) groups excluding carboxylic acids is 2. The summed E-state index contributed by atoms with van der Waals surface area (Å²) in [5.74, 6) is -5.09. The zero-order valence-electron chi connectivity index (χ0n) is 24.8. The summed E-state index contributed by atoms with van der Waals surface area (Å²) in [7, 11) is 0. The molecule has 3 saturated carbocycles. The standard InChI is InChI=1S/C34H33ClF2O8/c1-17-12-22-23-15-26(36)24-13-19(38)10-11-31(24,2)33(23,37)28(40)16-32(22,3)34(17,30(42)43)45-29(41)18-4-6-20(7-5-18)44-21-8-9-25(35)27(39)14-21/h4-11,13-14,17,22-23,26,28,39-40H,12,15-16H2,1-3H3,(H,42,43)/t17-,22+,23+,26+,28+,31+,32+,33?,34-/m1/s1. The van der Waals surface area contributed by atoms with Crippen LogP contribution in [-0.2, 0) is 14.3 Å². The number of carboxylic acids is 1. The van der Waals surface area contributed by atoms with Crippen LogP contribution in [0.25, 0.3) is 0 Å². The average molecular weight is 643 g/mol. The molecule has 0 aliphatic heterocycles. The van der Waals surface area contributed by atoms with Crippen molar-refractivity contribution in [3.8, 4) is 17.2 Å². The minimum atomic E-state index is -2.39. The molecule has 1 unspecified atom stereocenters. The van der Waals surface area contributed by atoms with Gasteiger partial charge in [-0.25, -0.2) is 18.4 Å². The number of fused-ring (bicyclic) bond motifs is 5. The molecule has 8 nitrogen and oxygen atoms in total. The molecule has 11 heteroatoms. The number of hydrogen-bond acceptors (Lipinski definition) is 7. The fourth-order valence-corrected chi connectivity index (χ4v) is 8.91. The number of hydrogen-bond donors (Lipinski definition) is 3. The summed E-state index contributed by atoms with van der Waals surface area (Å²) in [5, 5.41) is 32.2. The summed E-state index contributed by atoms with van der Waals surface area (Å²) in [5.41, 5.74) is -7.63. The van der Waals surface area contributed by atoms with Gasteiger partial charge in [0, 0.05) is 28.7 Å². The smallest absolute Gasteiger partial charge is 0.349 e. The molecule has 4 aliphatic carbocycles. The van der Waals surface area contributed by atoms with Crippen molar-refractivity contribution in [2.24, 2.45) is 28.6 Å². The number of aliphatic hydroxyl groups excluding tert-OH is 1. The van der Waals surface area contributed by atoms with Crippen molar-refractivity contribution >= 4 is 29.3 Å². The van der Waals surface area contributed by atoms with Crippen LogP contribution in [0.2, 0.25) is 5.02 Å². The molecule has 4 aliphatic rings. The number of halogens is 3. The number of aliphatic hydroxyl groups is 1. The van der Waals surface area contributed by atoms with Crippen molar-refractivity contribution in [2.75, 3.05) is 0 Å². The summed E-state index contributed by atoms with van der Waals surface area (Å²) >= 11 is 5.83. The van der Waals surface area contributed by atoms with Crippen LogP contribution < -0.4 is 4.74 Å². The first kappa shape index (κ1) is 31.2. The third kappa shape index (κ3) is 4.28. The average Bonchev–Trinajstić information content (AvgIpc) is 3.20. The van der Waals surface area contributed by atoms with Gasteiger partial charge in [-0.1, -0.05) is 31.5 Å². The fraction of sp³-hybridized carbons (Fsp3) is 0.441. The van der Waals surface area contributed by atoms with Gasteiger partial charge >= 0.3 is 11.9 Å². The van der Waals surface area contributed by atoms with Crippen LogP contribution >= 0.6 is 11.6 Å². The number of alkyl halides is 2. The van der Waals surface area contributed by atoms with Crippen LogP contribution in [0, 0.1) is 28.6 Å². The maximum Gasteiger partial charge on any atom is 0.349 e. The van der Waals surface area contributed by atoms with E-state index in [-0.39, 0.29) is 41.2 Å². The predicted octanol–water partition coefficient (Wildman–Crippen LogP) is 6.38. The Morgan fingerprint density at radius 3 is 2.36 bits per heavy atom. The number of aromatic hydroxyl groups is 1. The summed E-state index contributed by atoms with van der Waals surface area (Å²) < 4.78 is 44.8. The van der Waals surface area contributed by atoms with Crippen LogP contribution in [0.1, 0.15) is 50.4 Å². The SMILES string of the molecule is C[C@@H]1C[C@H]2[C@@H]3C[C@H](F)C4=CC(=O)C=C[C@]4(C)C3(F)[C@@H](O)C[C@]2(C)[C@]1(OC(=O)c1ccc(Oc2ccc(Cl)c(O)c2)cc1)C(=O)O. The Morgan fingerprint density at radius 2 is 1.71 bits per heavy atom. The highest BCUT2D eigenvalue weighted by Crippen LogP contribution is 2.71. The molecule has 3 fully saturated rings. The van der Waals surface area contributed by atoms with Gasteiger partial charge in [0.2, 0.25) is 5.60 Å². The van der Waals surface area contributed by atoms with Crippen molar-refractivity contribution in [3.63, 3.8) is 0 Å². The Kier molecular flexibility index (Phi) is 7.21. The normalized spacial score (nSPS) is 38.4. The first-order chi connectivity index (χ1) is 21.1. The largest absolute Gasteiger partial charge is 0.506 e. The van der Waals surface area contributed by atoms with Crippen molar-refractivity contribution in [1.82, 2.24) is 0 Å². The Balaban J connectivity index is 1.31. The van der Waals surface area contributed by atoms with Gasteiger partial charge in [0.15, 0.2) is 11.5 Å². The number of phenols is 1. The number of esters is 1. The Bertz CT molecular complexity index is 1660.